The second kappa shape index (κ2) is 10.7. The van der Waals surface area contributed by atoms with Gasteiger partial charge in [0.15, 0.2) is 18.1 Å². The Morgan fingerprint density at radius 1 is 0.812 bits per heavy atom. The smallest absolute Gasteiger partial charge is 0.262 e. The van der Waals surface area contributed by atoms with Gasteiger partial charge in [-0.05, 0) is 42.5 Å². The summed E-state index contributed by atoms with van der Waals surface area (Å²) in [5, 5.41) is 5.46. The molecule has 0 radical (unpaired) electrons. The molecule has 2 amide bonds. The monoisotopic (exact) mass is 437 g/mol. The van der Waals surface area contributed by atoms with Crippen molar-refractivity contribution in [2.75, 3.05) is 38.6 Å². The van der Waals surface area contributed by atoms with E-state index in [4.69, 9.17) is 18.9 Å². The van der Waals surface area contributed by atoms with Crippen molar-refractivity contribution in [1.82, 2.24) is 4.98 Å². The van der Waals surface area contributed by atoms with Gasteiger partial charge in [-0.2, -0.15) is 0 Å². The van der Waals surface area contributed by atoms with Crippen LogP contribution >= 0.6 is 0 Å². The van der Waals surface area contributed by atoms with E-state index in [0.717, 1.165) is 0 Å². The Morgan fingerprint density at radius 2 is 1.56 bits per heavy atom. The summed E-state index contributed by atoms with van der Waals surface area (Å²) < 4.78 is 21.3. The Morgan fingerprint density at radius 3 is 2.31 bits per heavy atom. The lowest BCUT2D eigenvalue weighted by Gasteiger charge is -2.14. The van der Waals surface area contributed by atoms with E-state index >= 15 is 0 Å². The first-order chi connectivity index (χ1) is 15.5. The summed E-state index contributed by atoms with van der Waals surface area (Å²) in [5.74, 6) is 0.712. The minimum Gasteiger partial charge on any atom is -0.495 e. The van der Waals surface area contributed by atoms with Crippen molar-refractivity contribution in [2.24, 2.45) is 0 Å². The van der Waals surface area contributed by atoms with Gasteiger partial charge in [0.25, 0.3) is 11.8 Å². The topological polar surface area (TPSA) is 108 Å². The number of para-hydroxylation sites is 2. The van der Waals surface area contributed by atoms with Crippen LogP contribution in [0.5, 0.6) is 23.1 Å². The molecule has 2 N–H and O–H groups in total. The van der Waals surface area contributed by atoms with Crippen molar-refractivity contribution >= 4 is 23.2 Å². The molecule has 0 aliphatic rings. The van der Waals surface area contributed by atoms with E-state index in [1.807, 2.05) is 0 Å². The molecule has 1 aromatic heterocycles. The van der Waals surface area contributed by atoms with Gasteiger partial charge in [0.05, 0.1) is 27.0 Å². The zero-order valence-electron chi connectivity index (χ0n) is 17.9. The van der Waals surface area contributed by atoms with E-state index in [2.05, 4.69) is 15.6 Å². The highest BCUT2D eigenvalue weighted by Crippen LogP contribution is 2.29. The fraction of sp³-hybridized carbons (Fsp3) is 0.174. The second-order valence-corrected chi connectivity index (χ2v) is 6.42. The number of aromatic nitrogens is 1. The highest BCUT2D eigenvalue weighted by molar-refractivity contribution is 6.05. The van der Waals surface area contributed by atoms with E-state index in [1.165, 1.54) is 27.4 Å². The first kappa shape index (κ1) is 22.4. The Kier molecular flexibility index (Phi) is 7.47. The number of hydrogen-bond donors (Lipinski definition) is 2. The standard InChI is InChI=1S/C23H23N3O6/c1-29-18-9-5-4-7-16(18)25-21(27)14-32-19-11-10-15(13-20(19)30-2)22(28)26-17-8-6-12-24-23(17)31-3/h4-13H,14H2,1-3H3,(H,25,27)(H,26,28). The fourth-order valence-corrected chi connectivity index (χ4v) is 2.85. The van der Waals surface area contributed by atoms with Crippen LogP contribution in [-0.4, -0.2) is 44.7 Å². The summed E-state index contributed by atoms with van der Waals surface area (Å²) in [6.45, 7) is -0.257. The second-order valence-electron chi connectivity index (χ2n) is 6.42. The highest BCUT2D eigenvalue weighted by atomic mass is 16.5. The molecule has 0 spiro atoms. The number of anilines is 2. The van der Waals surface area contributed by atoms with Crippen LogP contribution in [0.4, 0.5) is 11.4 Å². The number of hydrogen-bond acceptors (Lipinski definition) is 7. The summed E-state index contributed by atoms with van der Waals surface area (Å²) in [6.07, 6.45) is 1.56. The predicted octanol–water partition coefficient (Wildman–Crippen LogP) is 3.38. The van der Waals surface area contributed by atoms with Crippen LogP contribution in [-0.2, 0) is 4.79 Å². The molecule has 0 bridgehead atoms. The number of nitrogens with zero attached hydrogens (tertiary/aromatic N) is 1. The molecule has 3 rings (SSSR count). The number of nitrogens with one attached hydrogen (secondary N) is 2. The molecule has 9 nitrogen and oxygen atoms in total. The average molecular weight is 437 g/mol. The van der Waals surface area contributed by atoms with Gasteiger partial charge in [0.1, 0.15) is 11.4 Å². The Bertz CT molecular complexity index is 1100. The normalized spacial score (nSPS) is 10.1. The molecule has 1 heterocycles. The summed E-state index contributed by atoms with van der Waals surface area (Å²) in [6, 6.07) is 15.1. The molecule has 0 fully saturated rings. The largest absolute Gasteiger partial charge is 0.495 e. The maximum absolute atomic E-state index is 12.6. The number of carbonyl (C=O) groups is 2. The zero-order valence-corrected chi connectivity index (χ0v) is 17.9. The molecule has 3 aromatic rings. The van der Waals surface area contributed by atoms with Crippen molar-refractivity contribution < 1.29 is 28.5 Å². The fourth-order valence-electron chi connectivity index (χ4n) is 2.85. The van der Waals surface area contributed by atoms with E-state index in [9.17, 15) is 9.59 Å². The van der Waals surface area contributed by atoms with Crippen molar-refractivity contribution in [3.63, 3.8) is 0 Å². The average Bonchev–Trinajstić information content (AvgIpc) is 2.83. The molecule has 0 aliphatic carbocycles. The third kappa shape index (κ3) is 5.45. The lowest BCUT2D eigenvalue weighted by atomic mass is 10.2. The number of carbonyl (C=O) groups excluding carboxylic acids is 2. The number of pyridine rings is 1. The molecular weight excluding hydrogens is 414 g/mol. The molecule has 2 aromatic carbocycles. The minimum absolute atomic E-state index is 0.257. The Balaban J connectivity index is 1.66. The molecule has 0 aliphatic heterocycles. The van der Waals surface area contributed by atoms with E-state index in [-0.39, 0.29) is 18.4 Å². The third-order valence-electron chi connectivity index (χ3n) is 4.38. The summed E-state index contributed by atoms with van der Waals surface area (Å²) in [7, 11) is 4.44. The third-order valence-corrected chi connectivity index (χ3v) is 4.38. The quantitative estimate of drug-likeness (QED) is 0.528. The van der Waals surface area contributed by atoms with Crippen LogP contribution in [0, 0.1) is 0 Å². The van der Waals surface area contributed by atoms with E-state index in [0.29, 0.717) is 40.1 Å². The number of ether oxygens (including phenoxy) is 4. The van der Waals surface area contributed by atoms with Gasteiger partial charge in [-0.1, -0.05) is 12.1 Å². The SMILES string of the molecule is COc1ccccc1NC(=O)COc1ccc(C(=O)Nc2cccnc2OC)cc1OC. The van der Waals surface area contributed by atoms with Crippen molar-refractivity contribution in [1.29, 1.82) is 0 Å². The van der Waals surface area contributed by atoms with Gasteiger partial charge in [0.2, 0.25) is 5.88 Å². The number of rotatable bonds is 9. The summed E-state index contributed by atoms with van der Waals surface area (Å²) in [5.41, 5.74) is 1.30. The van der Waals surface area contributed by atoms with Gasteiger partial charge in [0, 0.05) is 11.8 Å². The van der Waals surface area contributed by atoms with Crippen LogP contribution in [0.1, 0.15) is 10.4 Å². The molecule has 0 atom stereocenters. The van der Waals surface area contributed by atoms with Crippen LogP contribution < -0.4 is 29.6 Å². The van der Waals surface area contributed by atoms with Gasteiger partial charge in [-0.3, -0.25) is 9.59 Å². The lowest BCUT2D eigenvalue weighted by molar-refractivity contribution is -0.118. The Labute approximate surface area is 185 Å². The van der Waals surface area contributed by atoms with Crippen molar-refractivity contribution in [3.05, 3.63) is 66.4 Å². The van der Waals surface area contributed by atoms with Crippen LogP contribution in [0.15, 0.2) is 60.8 Å². The molecular formula is C23H23N3O6. The van der Waals surface area contributed by atoms with Gasteiger partial charge >= 0.3 is 0 Å². The molecule has 0 unspecified atom stereocenters. The first-order valence-electron chi connectivity index (χ1n) is 9.59. The molecule has 9 heteroatoms. The molecule has 0 saturated carbocycles. The molecule has 32 heavy (non-hydrogen) atoms. The predicted molar refractivity (Wildman–Crippen MR) is 119 cm³/mol. The lowest BCUT2D eigenvalue weighted by Crippen LogP contribution is -2.20. The number of amides is 2. The number of benzene rings is 2. The van der Waals surface area contributed by atoms with Crippen LogP contribution in [0.2, 0.25) is 0 Å². The van der Waals surface area contributed by atoms with Gasteiger partial charge in [-0.25, -0.2) is 4.98 Å². The zero-order chi connectivity index (χ0) is 22.9. The van der Waals surface area contributed by atoms with Crippen LogP contribution in [0.3, 0.4) is 0 Å². The maximum Gasteiger partial charge on any atom is 0.262 e. The maximum atomic E-state index is 12.6. The van der Waals surface area contributed by atoms with Crippen LogP contribution in [0.25, 0.3) is 0 Å². The first-order valence-corrected chi connectivity index (χ1v) is 9.59. The Hall–Kier alpha value is -4.27. The summed E-state index contributed by atoms with van der Waals surface area (Å²) >= 11 is 0. The number of methoxy groups -OCH3 is 3. The van der Waals surface area contributed by atoms with E-state index < -0.39 is 0 Å². The highest BCUT2D eigenvalue weighted by Gasteiger charge is 2.15. The molecule has 0 saturated heterocycles. The van der Waals surface area contributed by atoms with Gasteiger partial charge < -0.3 is 29.6 Å². The van der Waals surface area contributed by atoms with Crippen molar-refractivity contribution in [2.45, 2.75) is 0 Å². The molecule has 166 valence electrons. The minimum atomic E-state index is -0.380. The summed E-state index contributed by atoms with van der Waals surface area (Å²) in [4.78, 5) is 28.9. The van der Waals surface area contributed by atoms with E-state index in [1.54, 1.807) is 54.7 Å². The van der Waals surface area contributed by atoms with Crippen molar-refractivity contribution in [3.8, 4) is 23.1 Å². The van der Waals surface area contributed by atoms with Gasteiger partial charge in [-0.15, -0.1) is 0 Å².